The van der Waals surface area contributed by atoms with Crippen LogP contribution in [0.1, 0.15) is 40.0 Å². The summed E-state index contributed by atoms with van der Waals surface area (Å²) in [5, 5.41) is 15.4. The third-order valence-electron chi connectivity index (χ3n) is 3.22. The van der Waals surface area contributed by atoms with E-state index in [4.69, 9.17) is 0 Å². The molecule has 0 saturated carbocycles. The summed E-state index contributed by atoms with van der Waals surface area (Å²) in [6.07, 6.45) is 2.40. The Hall–Kier alpha value is -0.610. The van der Waals surface area contributed by atoms with Crippen molar-refractivity contribution in [2.24, 2.45) is 5.92 Å². The highest BCUT2D eigenvalue weighted by molar-refractivity contribution is 5.86. The molecule has 4 heteroatoms. The molecular weight excluding hydrogens is 204 g/mol. The van der Waals surface area contributed by atoms with Crippen molar-refractivity contribution < 1.29 is 9.90 Å². The number of hydrogen-bond donors (Lipinski definition) is 3. The summed E-state index contributed by atoms with van der Waals surface area (Å²) in [6, 6.07) is 0. The van der Waals surface area contributed by atoms with Gasteiger partial charge in [-0.1, -0.05) is 6.92 Å². The van der Waals surface area contributed by atoms with Crippen LogP contribution in [0.25, 0.3) is 0 Å². The second-order valence-electron chi connectivity index (χ2n) is 5.26. The maximum Gasteiger partial charge on any atom is 0.240 e. The monoisotopic (exact) mass is 228 g/mol. The third-order valence-corrected chi connectivity index (χ3v) is 3.22. The lowest BCUT2D eigenvalue weighted by molar-refractivity contribution is -0.126. The summed E-state index contributed by atoms with van der Waals surface area (Å²) in [5.74, 6) is 0.399. The molecule has 1 rings (SSSR count). The Balaban J connectivity index is 2.29. The van der Waals surface area contributed by atoms with Crippen molar-refractivity contribution in [2.45, 2.75) is 51.7 Å². The van der Waals surface area contributed by atoms with Crippen LogP contribution in [-0.2, 0) is 4.79 Å². The fourth-order valence-electron chi connectivity index (χ4n) is 2.22. The van der Waals surface area contributed by atoms with E-state index in [0.29, 0.717) is 12.5 Å². The predicted octanol–water partition coefficient (Wildman–Crippen LogP) is 0.652. The van der Waals surface area contributed by atoms with Gasteiger partial charge in [0.05, 0.1) is 11.6 Å². The quantitative estimate of drug-likeness (QED) is 0.647. The van der Waals surface area contributed by atoms with Gasteiger partial charge in [-0.3, -0.25) is 4.79 Å². The van der Waals surface area contributed by atoms with E-state index in [1.165, 1.54) is 0 Å². The number of aliphatic hydroxyl groups excluding tert-OH is 1. The van der Waals surface area contributed by atoms with Crippen molar-refractivity contribution >= 4 is 5.91 Å². The molecule has 1 saturated heterocycles. The Bertz CT molecular complexity index is 235. The lowest BCUT2D eigenvalue weighted by Gasteiger charge is -2.24. The van der Waals surface area contributed by atoms with Crippen LogP contribution in [0, 0.1) is 5.92 Å². The molecule has 3 atom stereocenters. The van der Waals surface area contributed by atoms with Gasteiger partial charge in [-0.05, 0) is 45.6 Å². The van der Waals surface area contributed by atoms with E-state index in [1.54, 1.807) is 6.92 Å². The van der Waals surface area contributed by atoms with Gasteiger partial charge in [-0.25, -0.2) is 0 Å². The lowest BCUT2D eigenvalue weighted by Crippen LogP contribution is -2.51. The molecule has 0 aromatic carbocycles. The van der Waals surface area contributed by atoms with Gasteiger partial charge in [0.2, 0.25) is 5.91 Å². The summed E-state index contributed by atoms with van der Waals surface area (Å²) in [5.41, 5.74) is -0.384. The van der Waals surface area contributed by atoms with E-state index in [-0.39, 0.29) is 17.6 Å². The van der Waals surface area contributed by atoms with Gasteiger partial charge in [0.1, 0.15) is 0 Å². The second-order valence-corrected chi connectivity index (χ2v) is 5.26. The molecular formula is C12H24N2O2. The highest BCUT2D eigenvalue weighted by Gasteiger charge is 2.35. The fraction of sp³-hybridized carbons (Fsp3) is 0.917. The number of carbonyl (C=O) groups excluding carboxylic acids is 1. The Labute approximate surface area is 97.8 Å². The summed E-state index contributed by atoms with van der Waals surface area (Å²) in [4.78, 5) is 11.9. The van der Waals surface area contributed by atoms with Crippen molar-refractivity contribution in [2.75, 3.05) is 13.1 Å². The van der Waals surface area contributed by atoms with Crippen molar-refractivity contribution in [1.29, 1.82) is 0 Å². The number of carbonyl (C=O) groups is 1. The summed E-state index contributed by atoms with van der Waals surface area (Å²) >= 11 is 0. The van der Waals surface area contributed by atoms with Crippen LogP contribution in [0.3, 0.4) is 0 Å². The highest BCUT2D eigenvalue weighted by Crippen LogP contribution is 2.18. The van der Waals surface area contributed by atoms with Gasteiger partial charge in [-0.15, -0.1) is 0 Å². The summed E-state index contributed by atoms with van der Waals surface area (Å²) in [7, 11) is 0. The Kier molecular flexibility index (Phi) is 4.74. The fourth-order valence-corrected chi connectivity index (χ4v) is 2.22. The molecule has 1 aliphatic rings. The first kappa shape index (κ1) is 13.5. The third kappa shape index (κ3) is 3.76. The van der Waals surface area contributed by atoms with Crippen LogP contribution in [0.4, 0.5) is 0 Å². The van der Waals surface area contributed by atoms with Crippen LogP contribution < -0.4 is 10.6 Å². The second kappa shape index (κ2) is 5.64. The van der Waals surface area contributed by atoms with Gasteiger partial charge >= 0.3 is 0 Å². The lowest BCUT2D eigenvalue weighted by atomic mass is 9.98. The molecule has 0 aliphatic carbocycles. The first-order valence-corrected chi connectivity index (χ1v) is 6.15. The van der Waals surface area contributed by atoms with Crippen LogP contribution >= 0.6 is 0 Å². The summed E-state index contributed by atoms with van der Waals surface area (Å²) in [6.45, 7) is 7.33. The predicted molar refractivity (Wildman–Crippen MR) is 64.1 cm³/mol. The van der Waals surface area contributed by atoms with E-state index in [9.17, 15) is 9.90 Å². The molecule has 1 amide bonds. The Morgan fingerprint density at radius 3 is 2.75 bits per heavy atom. The van der Waals surface area contributed by atoms with Crippen LogP contribution in [0.15, 0.2) is 0 Å². The largest absolute Gasteiger partial charge is 0.393 e. The maximum atomic E-state index is 11.9. The molecule has 1 aliphatic heterocycles. The zero-order valence-corrected chi connectivity index (χ0v) is 10.5. The van der Waals surface area contributed by atoms with Crippen molar-refractivity contribution in [3.05, 3.63) is 0 Å². The standard InChI is InChI=1S/C12H24N2O2/c1-9(7-10(2)15)8-13-11(16)12(3)5-4-6-14-12/h9-10,14-15H,4-8H2,1-3H3,(H,13,16). The number of nitrogens with one attached hydrogen (secondary N) is 2. The highest BCUT2D eigenvalue weighted by atomic mass is 16.3. The molecule has 0 spiro atoms. The van der Waals surface area contributed by atoms with Crippen LogP contribution in [-0.4, -0.2) is 35.7 Å². The molecule has 3 unspecified atom stereocenters. The Morgan fingerprint density at radius 1 is 1.56 bits per heavy atom. The van der Waals surface area contributed by atoms with E-state index in [1.807, 2.05) is 13.8 Å². The smallest absolute Gasteiger partial charge is 0.240 e. The summed E-state index contributed by atoms with van der Waals surface area (Å²) < 4.78 is 0. The zero-order valence-electron chi connectivity index (χ0n) is 10.5. The van der Waals surface area contributed by atoms with Gasteiger partial charge in [0.25, 0.3) is 0 Å². The van der Waals surface area contributed by atoms with E-state index >= 15 is 0 Å². The van der Waals surface area contributed by atoms with E-state index < -0.39 is 0 Å². The zero-order chi connectivity index (χ0) is 12.2. The van der Waals surface area contributed by atoms with Crippen LogP contribution in [0.2, 0.25) is 0 Å². The van der Waals surface area contributed by atoms with Crippen molar-refractivity contribution in [3.63, 3.8) is 0 Å². The van der Waals surface area contributed by atoms with Gasteiger partial charge in [0.15, 0.2) is 0 Å². The van der Waals surface area contributed by atoms with Crippen LogP contribution in [0.5, 0.6) is 0 Å². The molecule has 94 valence electrons. The number of hydrogen-bond acceptors (Lipinski definition) is 3. The first-order chi connectivity index (χ1) is 7.44. The molecule has 0 radical (unpaired) electrons. The minimum absolute atomic E-state index is 0.0856. The maximum absolute atomic E-state index is 11.9. The minimum atomic E-state index is -0.384. The number of aliphatic hydroxyl groups is 1. The van der Waals surface area contributed by atoms with E-state index in [0.717, 1.165) is 25.8 Å². The normalized spacial score (nSPS) is 28.8. The average Bonchev–Trinajstić information content (AvgIpc) is 2.62. The molecule has 0 aromatic heterocycles. The molecule has 0 aromatic rings. The Morgan fingerprint density at radius 2 is 2.25 bits per heavy atom. The molecule has 1 heterocycles. The van der Waals surface area contributed by atoms with Gasteiger partial charge in [-0.2, -0.15) is 0 Å². The topological polar surface area (TPSA) is 61.4 Å². The van der Waals surface area contributed by atoms with E-state index in [2.05, 4.69) is 10.6 Å². The number of rotatable bonds is 5. The molecule has 1 fully saturated rings. The van der Waals surface area contributed by atoms with Crippen molar-refractivity contribution in [1.82, 2.24) is 10.6 Å². The molecule has 16 heavy (non-hydrogen) atoms. The van der Waals surface area contributed by atoms with Crippen molar-refractivity contribution in [3.8, 4) is 0 Å². The SMILES string of the molecule is CC(O)CC(C)CNC(=O)C1(C)CCCN1. The molecule has 0 bridgehead atoms. The minimum Gasteiger partial charge on any atom is -0.393 e. The number of amides is 1. The average molecular weight is 228 g/mol. The van der Waals surface area contributed by atoms with Gasteiger partial charge < -0.3 is 15.7 Å². The molecule has 3 N–H and O–H groups in total. The first-order valence-electron chi connectivity index (χ1n) is 6.15. The molecule has 4 nitrogen and oxygen atoms in total. The van der Waals surface area contributed by atoms with Gasteiger partial charge in [0, 0.05) is 6.54 Å².